The van der Waals surface area contributed by atoms with Crippen LogP contribution in [0, 0.1) is 0 Å². The lowest BCUT2D eigenvalue weighted by Gasteiger charge is -2.37. The van der Waals surface area contributed by atoms with E-state index in [4.69, 9.17) is 16.3 Å². The zero-order valence-corrected chi connectivity index (χ0v) is 16.9. The number of hydrogen-bond donors (Lipinski definition) is 2. The van der Waals surface area contributed by atoms with Crippen LogP contribution in [-0.2, 0) is 6.42 Å². The highest BCUT2D eigenvalue weighted by molar-refractivity contribution is 6.31. The van der Waals surface area contributed by atoms with Gasteiger partial charge in [0, 0.05) is 36.9 Å². The van der Waals surface area contributed by atoms with E-state index >= 15 is 0 Å². The Morgan fingerprint density at radius 3 is 2.62 bits per heavy atom. The van der Waals surface area contributed by atoms with Gasteiger partial charge < -0.3 is 19.6 Å². The minimum Gasteiger partial charge on any atom is -0.494 e. The summed E-state index contributed by atoms with van der Waals surface area (Å²) < 4.78 is 5.41. The first-order valence-corrected chi connectivity index (χ1v) is 9.70. The number of halogens is 1. The van der Waals surface area contributed by atoms with Crippen LogP contribution in [0.3, 0.4) is 0 Å². The Kier molecular flexibility index (Phi) is 5.14. The fraction of sp³-hybridized carbons (Fsp3) is 0.368. The van der Waals surface area contributed by atoms with Gasteiger partial charge in [-0.3, -0.25) is 5.10 Å². The molecule has 2 N–H and O–H groups in total. The average Bonchev–Trinajstić information content (AvgIpc) is 3.16. The minimum atomic E-state index is -1.07. The number of carbonyl (C=O) groups is 1. The van der Waals surface area contributed by atoms with E-state index in [1.165, 1.54) is 19.5 Å². The number of fused-ring (bicyclic) bond motifs is 1. The molecule has 3 aromatic rings. The zero-order valence-electron chi connectivity index (χ0n) is 16.1. The van der Waals surface area contributed by atoms with Crippen LogP contribution in [0.5, 0.6) is 5.75 Å². The molecule has 0 aliphatic carbocycles. The molecule has 0 unspecified atom stereocenters. The molecular weight excluding hydrogens is 396 g/mol. The maximum absolute atomic E-state index is 11.6. The van der Waals surface area contributed by atoms with E-state index < -0.39 is 5.97 Å². The Morgan fingerprint density at radius 1 is 1.24 bits per heavy atom. The third-order valence-corrected chi connectivity index (χ3v) is 5.37. The number of nitrogens with zero attached hydrogens (tertiary/aromatic N) is 5. The number of aromatic carboxylic acids is 1. The van der Waals surface area contributed by atoms with Gasteiger partial charge in [-0.1, -0.05) is 18.5 Å². The van der Waals surface area contributed by atoms with Gasteiger partial charge in [-0.25, -0.2) is 14.8 Å². The Labute approximate surface area is 172 Å². The number of piperazine rings is 1. The van der Waals surface area contributed by atoms with Gasteiger partial charge in [0.1, 0.15) is 17.7 Å². The Morgan fingerprint density at radius 2 is 1.97 bits per heavy atom. The molecule has 1 aliphatic rings. The number of aryl methyl sites for hydroxylation is 1. The number of anilines is 2. The minimum absolute atomic E-state index is 0.0564. The number of aromatic amines is 1. The van der Waals surface area contributed by atoms with Gasteiger partial charge in [0.25, 0.3) is 0 Å². The molecular formula is C19H21ClN6O3. The number of H-pyrrole nitrogens is 1. The Balaban J connectivity index is 1.61. The third kappa shape index (κ3) is 3.42. The summed E-state index contributed by atoms with van der Waals surface area (Å²) in [4.78, 5) is 24.6. The van der Waals surface area contributed by atoms with E-state index in [1.54, 1.807) is 6.07 Å². The van der Waals surface area contributed by atoms with Crippen molar-refractivity contribution in [1.29, 1.82) is 0 Å². The highest BCUT2D eigenvalue weighted by Crippen LogP contribution is 2.36. The van der Waals surface area contributed by atoms with Gasteiger partial charge in [0.05, 0.1) is 18.2 Å². The summed E-state index contributed by atoms with van der Waals surface area (Å²) in [5, 5.41) is 18.1. The topological polar surface area (TPSA) is 107 Å². The van der Waals surface area contributed by atoms with Crippen LogP contribution in [0.15, 0.2) is 18.5 Å². The van der Waals surface area contributed by atoms with Crippen LogP contribution in [0.2, 0.25) is 5.02 Å². The van der Waals surface area contributed by atoms with Crippen LogP contribution in [0.1, 0.15) is 23.0 Å². The number of methoxy groups -OCH3 is 1. The van der Waals surface area contributed by atoms with Crippen LogP contribution >= 0.6 is 11.6 Å². The molecule has 0 saturated carbocycles. The van der Waals surface area contributed by atoms with Crippen molar-refractivity contribution in [2.45, 2.75) is 13.3 Å². The number of carboxylic acid groups (broad SMARTS) is 1. The molecule has 1 aliphatic heterocycles. The maximum atomic E-state index is 11.6. The highest BCUT2D eigenvalue weighted by Gasteiger charge is 2.26. The second kappa shape index (κ2) is 7.75. The molecule has 0 bridgehead atoms. The van der Waals surface area contributed by atoms with Crippen LogP contribution < -0.4 is 14.5 Å². The molecule has 1 aromatic carbocycles. The third-order valence-electron chi connectivity index (χ3n) is 5.15. The monoisotopic (exact) mass is 416 g/mol. The smallest absolute Gasteiger partial charge is 0.339 e. The van der Waals surface area contributed by atoms with Crippen LogP contribution in [0.25, 0.3) is 11.0 Å². The molecule has 0 spiro atoms. The number of aromatic nitrogens is 4. The Bertz CT molecular complexity index is 1060. The van der Waals surface area contributed by atoms with Crippen molar-refractivity contribution in [3.05, 3.63) is 34.7 Å². The molecule has 9 nitrogen and oxygen atoms in total. The number of nitrogens with one attached hydrogen (secondary N) is 1. The van der Waals surface area contributed by atoms with Crippen molar-refractivity contribution in [3.8, 4) is 5.75 Å². The van der Waals surface area contributed by atoms with Crippen molar-refractivity contribution < 1.29 is 14.6 Å². The maximum Gasteiger partial charge on any atom is 0.339 e. The standard InChI is InChI=1S/C19H21ClN6O3/c1-3-13-15-17(24-23-13)21-10-22-18(15)26-6-4-25(5-7-26)14-9-11(20)8-12(19(27)28)16(14)29-2/h8-10H,3-7H2,1-2H3,(H,27,28)(H,21,22,23,24). The number of hydrogen-bond acceptors (Lipinski definition) is 7. The molecule has 2 aromatic heterocycles. The predicted molar refractivity (Wildman–Crippen MR) is 110 cm³/mol. The first-order valence-electron chi connectivity index (χ1n) is 9.32. The molecule has 0 amide bonds. The summed E-state index contributed by atoms with van der Waals surface area (Å²) >= 11 is 6.17. The number of benzene rings is 1. The first-order chi connectivity index (χ1) is 14.0. The average molecular weight is 417 g/mol. The summed E-state index contributed by atoms with van der Waals surface area (Å²) in [7, 11) is 1.47. The fourth-order valence-corrected chi connectivity index (χ4v) is 3.95. The van der Waals surface area contributed by atoms with E-state index in [1.807, 2.05) is 0 Å². The molecule has 0 atom stereocenters. The Hall–Kier alpha value is -3.07. The summed E-state index contributed by atoms with van der Waals surface area (Å²) in [6.07, 6.45) is 2.35. The SMILES string of the molecule is CCc1[nH]nc2ncnc(N3CCN(c4cc(Cl)cc(C(=O)O)c4OC)CC3)c12. The molecule has 152 valence electrons. The summed E-state index contributed by atoms with van der Waals surface area (Å²) in [5.41, 5.74) is 2.42. The zero-order chi connectivity index (χ0) is 20.5. The van der Waals surface area contributed by atoms with Gasteiger partial charge in [-0.2, -0.15) is 5.10 Å². The number of carboxylic acids is 1. The lowest BCUT2D eigenvalue weighted by Crippen LogP contribution is -2.47. The van der Waals surface area contributed by atoms with Crippen molar-refractivity contribution in [1.82, 2.24) is 20.2 Å². The number of ether oxygens (including phenoxy) is 1. The van der Waals surface area contributed by atoms with Gasteiger partial charge in [-0.15, -0.1) is 0 Å². The molecule has 4 rings (SSSR count). The van der Waals surface area contributed by atoms with Crippen molar-refractivity contribution in [2.75, 3.05) is 43.1 Å². The molecule has 1 saturated heterocycles. The molecule has 3 heterocycles. The van der Waals surface area contributed by atoms with E-state index in [0.29, 0.717) is 48.3 Å². The molecule has 29 heavy (non-hydrogen) atoms. The van der Waals surface area contributed by atoms with Crippen molar-refractivity contribution in [2.24, 2.45) is 0 Å². The van der Waals surface area contributed by atoms with Gasteiger partial charge in [0.2, 0.25) is 0 Å². The summed E-state index contributed by atoms with van der Waals surface area (Å²) in [5.74, 6) is 0.118. The summed E-state index contributed by atoms with van der Waals surface area (Å²) in [6, 6.07) is 3.15. The summed E-state index contributed by atoms with van der Waals surface area (Å²) in [6.45, 7) is 4.81. The second-order valence-electron chi connectivity index (χ2n) is 6.74. The second-order valence-corrected chi connectivity index (χ2v) is 7.17. The van der Waals surface area contributed by atoms with Gasteiger partial charge >= 0.3 is 5.97 Å². The quantitative estimate of drug-likeness (QED) is 0.653. The van der Waals surface area contributed by atoms with E-state index in [2.05, 4.69) is 36.9 Å². The largest absolute Gasteiger partial charge is 0.494 e. The lowest BCUT2D eigenvalue weighted by atomic mass is 10.1. The van der Waals surface area contributed by atoms with E-state index in [-0.39, 0.29) is 5.56 Å². The van der Waals surface area contributed by atoms with E-state index in [9.17, 15) is 9.90 Å². The van der Waals surface area contributed by atoms with E-state index in [0.717, 1.165) is 23.3 Å². The van der Waals surface area contributed by atoms with Crippen molar-refractivity contribution >= 4 is 40.1 Å². The van der Waals surface area contributed by atoms with Gasteiger partial charge in [0.15, 0.2) is 11.4 Å². The number of rotatable bonds is 5. The highest BCUT2D eigenvalue weighted by atomic mass is 35.5. The molecule has 1 fully saturated rings. The normalized spacial score (nSPS) is 14.4. The van der Waals surface area contributed by atoms with Crippen molar-refractivity contribution in [3.63, 3.8) is 0 Å². The van der Waals surface area contributed by atoms with Gasteiger partial charge in [-0.05, 0) is 18.6 Å². The molecule has 0 radical (unpaired) electrons. The molecule has 10 heteroatoms. The first kappa shape index (κ1) is 19.3. The van der Waals surface area contributed by atoms with Crippen LogP contribution in [0.4, 0.5) is 11.5 Å². The predicted octanol–water partition coefficient (Wildman–Crippen LogP) is 2.60. The van der Waals surface area contributed by atoms with Crippen LogP contribution in [-0.4, -0.2) is 64.5 Å². The fourth-order valence-electron chi connectivity index (χ4n) is 3.74. The lowest BCUT2D eigenvalue weighted by molar-refractivity contribution is 0.0693.